The first-order chi connectivity index (χ1) is 15.0. The first kappa shape index (κ1) is 20.4. The fourth-order valence-corrected chi connectivity index (χ4v) is 5.81. The molecule has 0 radical (unpaired) electrons. The number of amides is 2. The summed E-state index contributed by atoms with van der Waals surface area (Å²) >= 11 is 1.31. The Kier molecular flexibility index (Phi) is 5.64. The van der Waals surface area contributed by atoms with E-state index in [9.17, 15) is 9.59 Å². The van der Waals surface area contributed by atoms with E-state index in [0.29, 0.717) is 29.3 Å². The number of nitrogens with zero attached hydrogens (tertiary/aromatic N) is 3. The number of hydrogen-bond donors (Lipinski definition) is 2. The minimum absolute atomic E-state index is 0.120. The molecular weight excluding hydrogens is 418 g/mol. The van der Waals surface area contributed by atoms with Crippen molar-refractivity contribution in [2.45, 2.75) is 56.6 Å². The molecular formula is C21H27N5O4S. The van der Waals surface area contributed by atoms with Crippen LogP contribution in [-0.4, -0.2) is 50.6 Å². The third-order valence-corrected chi connectivity index (χ3v) is 7.44. The van der Waals surface area contributed by atoms with Crippen molar-refractivity contribution in [2.24, 2.45) is 11.8 Å². The van der Waals surface area contributed by atoms with Crippen molar-refractivity contribution in [3.63, 3.8) is 0 Å². The predicted octanol–water partition coefficient (Wildman–Crippen LogP) is 3.65. The van der Waals surface area contributed by atoms with E-state index in [4.69, 9.17) is 8.71 Å². The minimum Gasteiger partial charge on any atom is -0.375 e. The number of H-pyrrole nitrogens is 1. The lowest BCUT2D eigenvalue weighted by molar-refractivity contribution is -0.115. The third-order valence-electron chi connectivity index (χ3n) is 6.51. The van der Waals surface area contributed by atoms with Crippen LogP contribution in [0.2, 0.25) is 0 Å². The van der Waals surface area contributed by atoms with Gasteiger partial charge in [-0.2, -0.15) is 5.10 Å². The Hall–Kier alpha value is -2.49. The number of nitrogens with one attached hydrogen (secondary N) is 2. The van der Waals surface area contributed by atoms with Crippen LogP contribution in [0.15, 0.2) is 16.7 Å². The summed E-state index contributed by atoms with van der Waals surface area (Å²) in [5.74, 6) is 2.51. The summed E-state index contributed by atoms with van der Waals surface area (Å²) in [4.78, 5) is 26.4. The summed E-state index contributed by atoms with van der Waals surface area (Å²) < 4.78 is 10.6. The zero-order valence-electron chi connectivity index (χ0n) is 17.5. The number of aryl methyl sites for hydroxylation is 1. The second-order valence-corrected chi connectivity index (χ2v) is 10.1. The van der Waals surface area contributed by atoms with Crippen LogP contribution in [0.3, 0.4) is 0 Å². The highest BCUT2D eigenvalue weighted by atomic mass is 32.2. The molecule has 2 unspecified atom stereocenters. The Morgan fingerprint density at radius 1 is 1.26 bits per heavy atom. The lowest BCUT2D eigenvalue weighted by atomic mass is 9.71. The van der Waals surface area contributed by atoms with Crippen LogP contribution in [0, 0.1) is 18.8 Å². The van der Waals surface area contributed by atoms with Crippen molar-refractivity contribution < 1.29 is 18.3 Å². The molecule has 2 aromatic rings. The largest absolute Gasteiger partial charge is 0.422 e. The summed E-state index contributed by atoms with van der Waals surface area (Å²) in [6, 6.07) is 3.62. The topological polar surface area (TPSA) is 113 Å². The Bertz CT molecular complexity index is 943. The van der Waals surface area contributed by atoms with Gasteiger partial charge >= 0.3 is 6.09 Å². The minimum atomic E-state index is -0.198. The van der Waals surface area contributed by atoms with Crippen molar-refractivity contribution in [2.75, 3.05) is 18.4 Å². The van der Waals surface area contributed by atoms with Gasteiger partial charge < -0.3 is 18.9 Å². The summed E-state index contributed by atoms with van der Waals surface area (Å²) in [5, 5.41) is 14.1. The van der Waals surface area contributed by atoms with Gasteiger partial charge in [-0.15, -0.1) is 0 Å². The molecule has 9 nitrogen and oxygen atoms in total. The van der Waals surface area contributed by atoms with Gasteiger partial charge in [0.05, 0.1) is 24.2 Å². The maximum atomic E-state index is 12.3. The number of hydrogen-bond acceptors (Lipinski definition) is 7. The Morgan fingerprint density at radius 3 is 2.81 bits per heavy atom. The van der Waals surface area contributed by atoms with Gasteiger partial charge in [-0.1, -0.05) is 5.16 Å². The molecule has 6 rings (SSSR count). The molecule has 2 atom stereocenters. The predicted molar refractivity (Wildman–Crippen MR) is 114 cm³/mol. The highest BCUT2D eigenvalue weighted by molar-refractivity contribution is 7.95. The van der Waals surface area contributed by atoms with Gasteiger partial charge in [0.15, 0.2) is 5.82 Å². The van der Waals surface area contributed by atoms with Crippen LogP contribution in [-0.2, 0) is 15.4 Å². The summed E-state index contributed by atoms with van der Waals surface area (Å²) in [6.07, 6.45) is 5.37. The van der Waals surface area contributed by atoms with Crippen molar-refractivity contribution in [3.8, 4) is 0 Å². The highest BCUT2D eigenvalue weighted by Crippen LogP contribution is 2.42. The number of fused-ring (bicyclic) bond motifs is 2. The molecule has 2 saturated carbocycles. The standard InChI is InChI=1S/C21H27N5O4S/c1-12-4-16(29-25-12)8-20(27)22-19-9-18(23-24-19)15-2-3-17(7-15)31-30-21(28)26-10-13-5-14(6-13)11-26/h4,9,13-15,17H,2-3,5-8,10-11H2,1H3,(H2,22,23,24,27). The smallest absolute Gasteiger partial charge is 0.375 e. The van der Waals surface area contributed by atoms with Gasteiger partial charge in [-0.25, -0.2) is 4.79 Å². The number of carbonyl (C=O) groups is 2. The van der Waals surface area contributed by atoms with Crippen LogP contribution < -0.4 is 5.32 Å². The zero-order chi connectivity index (χ0) is 21.4. The Balaban J connectivity index is 1.07. The molecule has 2 saturated heterocycles. The molecule has 4 aliphatic rings. The molecule has 4 heterocycles. The molecule has 2 aliphatic heterocycles. The van der Waals surface area contributed by atoms with Crippen molar-refractivity contribution in [3.05, 3.63) is 29.3 Å². The fraction of sp³-hybridized carbons (Fsp3) is 0.619. The second kappa shape index (κ2) is 8.57. The number of rotatable bonds is 6. The van der Waals surface area contributed by atoms with E-state index in [1.54, 1.807) is 6.07 Å². The monoisotopic (exact) mass is 445 g/mol. The van der Waals surface area contributed by atoms with Crippen LogP contribution in [0.5, 0.6) is 0 Å². The number of anilines is 1. The van der Waals surface area contributed by atoms with Crippen LogP contribution in [0.4, 0.5) is 10.6 Å². The van der Waals surface area contributed by atoms with E-state index in [2.05, 4.69) is 20.7 Å². The van der Waals surface area contributed by atoms with Crippen LogP contribution in [0.1, 0.15) is 55.2 Å². The summed E-state index contributed by atoms with van der Waals surface area (Å²) in [6.45, 7) is 3.51. The van der Waals surface area contributed by atoms with Crippen LogP contribution >= 0.6 is 12.0 Å². The Labute approximate surface area is 184 Å². The summed E-state index contributed by atoms with van der Waals surface area (Å²) in [5.41, 5.74) is 1.74. The second-order valence-electron chi connectivity index (χ2n) is 9.05. The molecule has 0 aromatic carbocycles. The molecule has 0 spiro atoms. The maximum absolute atomic E-state index is 12.3. The highest BCUT2D eigenvalue weighted by Gasteiger charge is 2.40. The van der Waals surface area contributed by atoms with Gasteiger partial charge in [0.25, 0.3) is 0 Å². The van der Waals surface area contributed by atoms with Crippen molar-refractivity contribution >= 4 is 29.9 Å². The quantitative estimate of drug-likeness (QED) is 0.653. The molecule has 2 N–H and O–H groups in total. The molecule has 4 fully saturated rings. The van der Waals surface area contributed by atoms with Gasteiger partial charge in [0, 0.05) is 42.1 Å². The SMILES string of the molecule is Cc1cc(CC(=O)Nc2cc(C3CCC(SOC(=O)N4CC5CC(C5)C4)C3)[nH]n2)on1. The number of piperidine rings is 2. The molecule has 31 heavy (non-hydrogen) atoms. The maximum Gasteiger partial charge on any atom is 0.422 e. The molecule has 2 aromatic heterocycles. The first-order valence-corrected chi connectivity index (χ1v) is 11.7. The van der Waals surface area contributed by atoms with Crippen LogP contribution in [0.25, 0.3) is 0 Å². The lowest BCUT2D eigenvalue weighted by Gasteiger charge is -2.46. The third kappa shape index (κ3) is 4.73. The molecule has 2 amide bonds. The average molecular weight is 446 g/mol. The van der Waals surface area contributed by atoms with Gasteiger partial charge in [0.2, 0.25) is 5.91 Å². The van der Waals surface area contributed by atoms with E-state index < -0.39 is 0 Å². The van der Waals surface area contributed by atoms with Gasteiger partial charge in [-0.05, 0) is 50.9 Å². The first-order valence-electron chi connectivity index (χ1n) is 10.9. The Morgan fingerprint density at radius 2 is 2.06 bits per heavy atom. The average Bonchev–Trinajstić information content (AvgIpc) is 3.47. The van der Waals surface area contributed by atoms with E-state index in [0.717, 1.165) is 43.7 Å². The van der Waals surface area contributed by atoms with E-state index in [-0.39, 0.29) is 23.7 Å². The number of aromatic amines is 1. The van der Waals surface area contributed by atoms with Crippen molar-refractivity contribution in [1.82, 2.24) is 20.3 Å². The molecule has 2 aliphatic carbocycles. The van der Waals surface area contributed by atoms with E-state index in [1.807, 2.05) is 17.9 Å². The van der Waals surface area contributed by atoms with E-state index >= 15 is 0 Å². The zero-order valence-corrected chi connectivity index (χ0v) is 18.3. The lowest BCUT2D eigenvalue weighted by Crippen LogP contribution is -2.50. The van der Waals surface area contributed by atoms with E-state index in [1.165, 1.54) is 24.9 Å². The molecule has 2 bridgehead atoms. The fourth-order valence-electron chi connectivity index (χ4n) is 4.95. The summed E-state index contributed by atoms with van der Waals surface area (Å²) in [7, 11) is 0. The number of aromatic nitrogens is 3. The van der Waals surface area contributed by atoms with Gasteiger partial charge in [-0.3, -0.25) is 9.89 Å². The normalized spacial score (nSPS) is 27.1. The number of carbonyl (C=O) groups excluding carboxylic acids is 2. The molecule has 166 valence electrons. The van der Waals surface area contributed by atoms with Crippen molar-refractivity contribution in [1.29, 1.82) is 0 Å². The molecule has 10 heteroatoms. The van der Waals surface area contributed by atoms with Gasteiger partial charge in [0.1, 0.15) is 5.76 Å².